The summed E-state index contributed by atoms with van der Waals surface area (Å²) in [6, 6.07) is 6.03. The van der Waals surface area contributed by atoms with Crippen LogP contribution in [-0.4, -0.2) is 12.5 Å². The molecule has 0 spiro atoms. The molecule has 6 heteroatoms. The number of nitrogens with one attached hydrogen (secondary N) is 1. The topological polar surface area (TPSA) is 62.1 Å². The molecule has 26 heavy (non-hydrogen) atoms. The number of halogens is 1. The molecular weight excluding hydrogens is 368 g/mol. The monoisotopic (exact) mass is 388 g/mol. The van der Waals surface area contributed by atoms with E-state index in [9.17, 15) is 10.1 Å². The molecule has 1 aliphatic rings. The van der Waals surface area contributed by atoms with Gasteiger partial charge in [-0.3, -0.25) is 4.79 Å². The van der Waals surface area contributed by atoms with Crippen LogP contribution in [0.4, 0.5) is 5.00 Å². The predicted octanol–water partition coefficient (Wildman–Crippen LogP) is 5.03. The number of nitriles is 1. The molecule has 0 saturated heterocycles. The number of hydrogen-bond acceptors (Lipinski definition) is 4. The molecule has 1 unspecified atom stereocenters. The zero-order valence-corrected chi connectivity index (χ0v) is 16.7. The lowest BCUT2D eigenvalue weighted by Gasteiger charge is -2.17. The maximum absolute atomic E-state index is 12.3. The summed E-state index contributed by atoms with van der Waals surface area (Å²) in [6.07, 6.45) is 2.96. The minimum Gasteiger partial charge on any atom is -0.482 e. The summed E-state index contributed by atoms with van der Waals surface area (Å²) in [5.74, 6) is 0.850. The Labute approximate surface area is 162 Å². The van der Waals surface area contributed by atoms with Gasteiger partial charge in [0.05, 0.1) is 10.6 Å². The lowest BCUT2D eigenvalue weighted by Crippen LogP contribution is -2.20. The van der Waals surface area contributed by atoms with Crippen molar-refractivity contribution in [1.82, 2.24) is 0 Å². The van der Waals surface area contributed by atoms with Crippen LogP contribution in [0.15, 0.2) is 12.1 Å². The second kappa shape index (κ2) is 7.69. The van der Waals surface area contributed by atoms with E-state index < -0.39 is 0 Å². The van der Waals surface area contributed by atoms with E-state index >= 15 is 0 Å². The number of amides is 1. The molecule has 1 amide bonds. The van der Waals surface area contributed by atoms with Crippen LogP contribution in [0.25, 0.3) is 0 Å². The third-order valence-electron chi connectivity index (χ3n) is 4.60. The number of carbonyl (C=O) groups excluding carboxylic acids is 1. The van der Waals surface area contributed by atoms with Gasteiger partial charge in [-0.1, -0.05) is 24.6 Å². The zero-order chi connectivity index (χ0) is 18.8. The summed E-state index contributed by atoms with van der Waals surface area (Å²) in [5, 5.41) is 13.5. The van der Waals surface area contributed by atoms with Crippen molar-refractivity contribution in [2.75, 3.05) is 11.9 Å². The van der Waals surface area contributed by atoms with Gasteiger partial charge < -0.3 is 10.1 Å². The molecule has 1 N–H and O–H groups in total. The number of aryl methyl sites for hydroxylation is 2. The van der Waals surface area contributed by atoms with E-state index in [-0.39, 0.29) is 12.5 Å². The van der Waals surface area contributed by atoms with Crippen molar-refractivity contribution in [3.8, 4) is 11.8 Å². The van der Waals surface area contributed by atoms with Gasteiger partial charge in [0.1, 0.15) is 16.8 Å². The number of hydrogen-bond donors (Lipinski definition) is 1. The summed E-state index contributed by atoms with van der Waals surface area (Å²) < 4.78 is 5.63. The first-order valence-corrected chi connectivity index (χ1v) is 9.82. The van der Waals surface area contributed by atoms with Gasteiger partial charge in [-0.25, -0.2) is 0 Å². The Bertz CT molecular complexity index is 875. The van der Waals surface area contributed by atoms with E-state index in [2.05, 4.69) is 18.3 Å². The van der Waals surface area contributed by atoms with Crippen molar-refractivity contribution >= 4 is 33.8 Å². The van der Waals surface area contributed by atoms with Crippen LogP contribution < -0.4 is 10.1 Å². The number of rotatable bonds is 4. The third-order valence-corrected chi connectivity index (χ3v) is 6.05. The van der Waals surface area contributed by atoms with Crippen LogP contribution in [0.1, 0.15) is 40.5 Å². The summed E-state index contributed by atoms with van der Waals surface area (Å²) in [4.78, 5) is 13.6. The molecule has 1 atom stereocenters. The standard InChI is InChI=1S/C20H21ClN2O2S/c1-11-4-5-14-15(9-22)20(26-17(14)8-11)23-18(24)10-25-19-13(3)6-12(2)7-16(19)21/h6-7,11H,4-5,8,10H2,1-3H3,(H,23,24). The van der Waals surface area contributed by atoms with E-state index in [1.807, 2.05) is 26.0 Å². The summed E-state index contributed by atoms with van der Waals surface area (Å²) in [5.41, 5.74) is 3.64. The fourth-order valence-corrected chi connectivity index (χ4v) is 5.10. The average molecular weight is 389 g/mol. The number of ether oxygens (including phenoxy) is 1. The van der Waals surface area contributed by atoms with E-state index in [1.165, 1.54) is 16.2 Å². The van der Waals surface area contributed by atoms with Gasteiger partial charge in [0.15, 0.2) is 6.61 Å². The minimum absolute atomic E-state index is 0.145. The summed E-state index contributed by atoms with van der Waals surface area (Å²) >= 11 is 7.72. The lowest BCUT2D eigenvalue weighted by molar-refractivity contribution is -0.118. The van der Waals surface area contributed by atoms with Gasteiger partial charge in [0, 0.05) is 4.88 Å². The molecule has 1 aliphatic carbocycles. The molecule has 0 bridgehead atoms. The Morgan fingerprint density at radius 3 is 2.92 bits per heavy atom. The van der Waals surface area contributed by atoms with Crippen molar-refractivity contribution in [2.45, 2.75) is 40.0 Å². The average Bonchev–Trinajstić information content (AvgIpc) is 2.89. The number of benzene rings is 1. The maximum atomic E-state index is 12.3. The van der Waals surface area contributed by atoms with Crippen LogP contribution in [-0.2, 0) is 17.6 Å². The van der Waals surface area contributed by atoms with Gasteiger partial charge in [0.2, 0.25) is 0 Å². The van der Waals surface area contributed by atoms with Crippen LogP contribution in [0.5, 0.6) is 5.75 Å². The molecule has 3 rings (SSSR count). The maximum Gasteiger partial charge on any atom is 0.262 e. The van der Waals surface area contributed by atoms with Gasteiger partial charge in [-0.05, 0) is 61.8 Å². The molecule has 0 saturated carbocycles. The van der Waals surface area contributed by atoms with Crippen molar-refractivity contribution in [2.24, 2.45) is 5.92 Å². The molecule has 1 aromatic heterocycles. The highest BCUT2D eigenvalue weighted by molar-refractivity contribution is 7.16. The highest BCUT2D eigenvalue weighted by Crippen LogP contribution is 2.39. The van der Waals surface area contributed by atoms with Crippen LogP contribution >= 0.6 is 22.9 Å². The van der Waals surface area contributed by atoms with E-state index in [1.54, 1.807) is 0 Å². The number of nitrogens with zero attached hydrogens (tertiary/aromatic N) is 1. The molecular formula is C20H21ClN2O2S. The first kappa shape index (κ1) is 18.8. The number of carbonyl (C=O) groups is 1. The molecule has 4 nitrogen and oxygen atoms in total. The van der Waals surface area contributed by atoms with Gasteiger partial charge in [-0.2, -0.15) is 5.26 Å². The Morgan fingerprint density at radius 1 is 1.46 bits per heavy atom. The Kier molecular flexibility index (Phi) is 5.55. The highest BCUT2D eigenvalue weighted by atomic mass is 35.5. The van der Waals surface area contributed by atoms with Crippen molar-refractivity contribution in [3.63, 3.8) is 0 Å². The van der Waals surface area contributed by atoms with Crippen molar-refractivity contribution < 1.29 is 9.53 Å². The summed E-state index contributed by atoms with van der Waals surface area (Å²) in [7, 11) is 0. The normalized spacial score (nSPS) is 15.9. The predicted molar refractivity (Wildman–Crippen MR) is 105 cm³/mol. The second-order valence-electron chi connectivity index (χ2n) is 6.90. The van der Waals surface area contributed by atoms with Crippen molar-refractivity contribution in [3.05, 3.63) is 44.3 Å². The highest BCUT2D eigenvalue weighted by Gasteiger charge is 2.24. The molecule has 136 valence electrons. The number of anilines is 1. The fraction of sp³-hybridized carbons (Fsp3) is 0.400. The lowest BCUT2D eigenvalue weighted by atomic mass is 9.89. The SMILES string of the molecule is Cc1cc(C)c(OCC(=O)Nc2sc3c(c2C#N)CCC(C)C3)c(Cl)c1. The minimum atomic E-state index is -0.288. The molecule has 1 heterocycles. The van der Waals surface area contributed by atoms with Gasteiger partial charge in [-0.15, -0.1) is 11.3 Å². The number of thiophene rings is 1. The zero-order valence-electron chi connectivity index (χ0n) is 15.1. The largest absolute Gasteiger partial charge is 0.482 e. The molecule has 0 aliphatic heterocycles. The van der Waals surface area contributed by atoms with Crippen LogP contribution in [0.3, 0.4) is 0 Å². The second-order valence-corrected chi connectivity index (χ2v) is 8.41. The Hall–Kier alpha value is -2.03. The number of fused-ring (bicyclic) bond motifs is 1. The molecule has 2 aromatic rings. The smallest absolute Gasteiger partial charge is 0.262 e. The van der Waals surface area contributed by atoms with Gasteiger partial charge >= 0.3 is 0 Å². The summed E-state index contributed by atoms with van der Waals surface area (Å²) in [6.45, 7) is 5.93. The van der Waals surface area contributed by atoms with E-state index in [0.29, 0.717) is 27.3 Å². The van der Waals surface area contributed by atoms with Crippen LogP contribution in [0, 0.1) is 31.1 Å². The van der Waals surface area contributed by atoms with E-state index in [4.69, 9.17) is 16.3 Å². The van der Waals surface area contributed by atoms with Crippen LogP contribution in [0.2, 0.25) is 5.02 Å². The molecule has 0 radical (unpaired) electrons. The Morgan fingerprint density at radius 2 is 2.23 bits per heavy atom. The molecule has 0 fully saturated rings. The molecule has 1 aromatic carbocycles. The van der Waals surface area contributed by atoms with E-state index in [0.717, 1.165) is 36.0 Å². The third kappa shape index (κ3) is 3.87. The quantitative estimate of drug-likeness (QED) is 0.798. The first-order valence-electron chi connectivity index (χ1n) is 8.63. The fourth-order valence-electron chi connectivity index (χ4n) is 3.34. The van der Waals surface area contributed by atoms with Crippen molar-refractivity contribution in [1.29, 1.82) is 5.26 Å². The van der Waals surface area contributed by atoms with Gasteiger partial charge in [0.25, 0.3) is 5.91 Å². The first-order chi connectivity index (χ1) is 12.4. The Balaban J connectivity index is 1.71.